The van der Waals surface area contributed by atoms with Gasteiger partial charge in [-0.1, -0.05) is 20.8 Å². The number of aromatic nitrogens is 4. The predicted molar refractivity (Wildman–Crippen MR) is 129 cm³/mol. The number of hydrogen-bond donors (Lipinski definition) is 1. The van der Waals surface area contributed by atoms with Gasteiger partial charge in [0.2, 0.25) is 5.91 Å². The second-order valence-corrected chi connectivity index (χ2v) is 9.87. The lowest BCUT2D eigenvalue weighted by atomic mass is 9.96. The molecule has 1 aliphatic rings. The normalized spacial score (nSPS) is 14.9. The van der Waals surface area contributed by atoms with Crippen LogP contribution in [0, 0.1) is 5.41 Å². The van der Waals surface area contributed by atoms with E-state index in [0.29, 0.717) is 10.6 Å². The van der Waals surface area contributed by atoms with Gasteiger partial charge in [0, 0.05) is 24.7 Å². The fraction of sp³-hybridized carbons (Fsp3) is 0.458. The molecule has 0 saturated carbocycles. The lowest BCUT2D eigenvalue weighted by Crippen LogP contribution is -2.37. The first kappa shape index (κ1) is 29.0. The predicted octanol–water partition coefficient (Wildman–Crippen LogP) is 4.44. The van der Waals surface area contributed by atoms with Crippen molar-refractivity contribution in [2.45, 2.75) is 33.1 Å². The minimum absolute atomic E-state index is 0.146. The number of alkyl halides is 6. The maximum Gasteiger partial charge on any atom is 0.434 e. The Labute approximate surface area is 223 Å². The zero-order chi connectivity index (χ0) is 29.6. The Bertz CT molecular complexity index is 1460. The highest BCUT2D eigenvalue weighted by Crippen LogP contribution is 2.40. The van der Waals surface area contributed by atoms with E-state index >= 15 is 0 Å². The van der Waals surface area contributed by atoms with Crippen LogP contribution >= 0.6 is 0 Å². The number of fused-ring (bicyclic) bond motifs is 1. The Morgan fingerprint density at radius 2 is 1.68 bits per heavy atom. The molecule has 0 unspecified atom stereocenters. The molecule has 0 spiro atoms. The second-order valence-electron chi connectivity index (χ2n) is 9.87. The van der Waals surface area contributed by atoms with E-state index in [4.69, 9.17) is 4.74 Å². The molecule has 4 rings (SSSR count). The third-order valence-corrected chi connectivity index (χ3v) is 5.97. The maximum absolute atomic E-state index is 14.2. The average Bonchev–Trinajstić information content (AvgIpc) is 3.27. The van der Waals surface area contributed by atoms with Gasteiger partial charge in [-0.2, -0.15) is 26.3 Å². The van der Waals surface area contributed by atoms with Crippen LogP contribution in [0.5, 0.6) is 0 Å². The fourth-order valence-electron chi connectivity index (χ4n) is 3.94. The molecule has 40 heavy (non-hydrogen) atoms. The van der Waals surface area contributed by atoms with Crippen molar-refractivity contribution in [3.63, 3.8) is 0 Å². The summed E-state index contributed by atoms with van der Waals surface area (Å²) < 4.78 is 95.4. The van der Waals surface area contributed by atoms with Crippen molar-refractivity contribution < 1.29 is 45.4 Å². The Kier molecular flexibility index (Phi) is 7.42. The van der Waals surface area contributed by atoms with Crippen molar-refractivity contribution >= 4 is 29.0 Å². The van der Waals surface area contributed by atoms with Gasteiger partial charge < -0.3 is 19.7 Å². The van der Waals surface area contributed by atoms with E-state index in [2.05, 4.69) is 25.1 Å². The minimum atomic E-state index is -5.14. The lowest BCUT2D eigenvalue weighted by Gasteiger charge is -2.28. The molecule has 0 bridgehead atoms. The monoisotopic (exact) mass is 574 g/mol. The van der Waals surface area contributed by atoms with Gasteiger partial charge in [-0.15, -0.1) is 5.10 Å². The van der Waals surface area contributed by atoms with E-state index in [1.165, 1.54) is 4.90 Å². The number of nitrogens with zero attached hydrogens (tertiary/aromatic N) is 5. The number of pyridine rings is 1. The second kappa shape index (κ2) is 10.2. The summed E-state index contributed by atoms with van der Waals surface area (Å²) in [5, 5.41) is 6.10. The molecular weight excluding hydrogens is 550 g/mol. The Morgan fingerprint density at radius 3 is 2.23 bits per heavy atom. The van der Waals surface area contributed by atoms with Crippen molar-refractivity contribution in [3.05, 3.63) is 35.2 Å². The van der Waals surface area contributed by atoms with Crippen LogP contribution in [0.4, 0.5) is 38.0 Å². The summed E-state index contributed by atoms with van der Waals surface area (Å²) in [6.45, 7) is 5.34. The number of hydrogen-bond acceptors (Lipinski definition) is 8. The number of halogens is 6. The summed E-state index contributed by atoms with van der Waals surface area (Å²) in [5.41, 5.74) is -5.71. The van der Waals surface area contributed by atoms with E-state index in [1.54, 1.807) is 20.8 Å². The summed E-state index contributed by atoms with van der Waals surface area (Å²) >= 11 is 0. The number of esters is 1. The van der Waals surface area contributed by atoms with Crippen LogP contribution in [0.15, 0.2) is 18.3 Å². The zero-order valence-corrected chi connectivity index (χ0v) is 21.7. The largest absolute Gasteiger partial charge is 0.465 e. The van der Waals surface area contributed by atoms with Gasteiger partial charge in [-0.05, 0) is 12.1 Å². The summed E-state index contributed by atoms with van der Waals surface area (Å²) in [5.74, 6) is -3.22. The highest BCUT2D eigenvalue weighted by atomic mass is 19.4. The van der Waals surface area contributed by atoms with Crippen molar-refractivity contribution in [1.82, 2.24) is 19.6 Å². The van der Waals surface area contributed by atoms with Gasteiger partial charge >= 0.3 is 18.3 Å². The molecule has 0 radical (unpaired) electrons. The summed E-state index contributed by atoms with van der Waals surface area (Å²) in [4.78, 5) is 34.2. The van der Waals surface area contributed by atoms with Gasteiger partial charge in [0.25, 0.3) is 0 Å². The molecule has 1 amide bonds. The molecule has 10 nitrogen and oxygen atoms in total. The first-order valence-electron chi connectivity index (χ1n) is 11.8. The van der Waals surface area contributed by atoms with E-state index in [1.807, 2.05) is 0 Å². The van der Waals surface area contributed by atoms with Crippen LogP contribution in [0.25, 0.3) is 16.9 Å². The first-order valence-corrected chi connectivity index (χ1v) is 11.8. The quantitative estimate of drug-likeness (QED) is 0.360. The number of ether oxygens (including phenoxy) is 2. The van der Waals surface area contributed by atoms with Gasteiger partial charge in [0.1, 0.15) is 11.3 Å². The van der Waals surface area contributed by atoms with Crippen molar-refractivity contribution in [1.29, 1.82) is 0 Å². The highest BCUT2D eigenvalue weighted by molar-refractivity contribution is 5.95. The number of morpholine rings is 1. The molecule has 0 aliphatic carbocycles. The zero-order valence-electron chi connectivity index (χ0n) is 21.7. The summed E-state index contributed by atoms with van der Waals surface area (Å²) in [6, 6.07) is 1.44. The molecule has 0 aromatic carbocycles. The number of anilines is 2. The van der Waals surface area contributed by atoms with Crippen LogP contribution in [-0.2, 0) is 26.6 Å². The van der Waals surface area contributed by atoms with Crippen LogP contribution < -0.4 is 10.2 Å². The van der Waals surface area contributed by atoms with Crippen LogP contribution in [0.3, 0.4) is 0 Å². The molecule has 4 heterocycles. The SMILES string of the molecule is COC(=O)c1cc2c(N3CCOCC3)nc(-c3cnc(NC(=O)C(C)(C)C)cc3C(F)(F)F)nn2c1C(F)(F)F. The highest BCUT2D eigenvalue weighted by Gasteiger charge is 2.42. The maximum atomic E-state index is 14.2. The number of carbonyl (C=O) groups excluding carboxylic acids is 2. The van der Waals surface area contributed by atoms with Gasteiger partial charge in [0.05, 0.1) is 37.0 Å². The van der Waals surface area contributed by atoms with E-state index in [9.17, 15) is 35.9 Å². The Hall–Kier alpha value is -3.95. The molecule has 1 saturated heterocycles. The van der Waals surface area contributed by atoms with Crippen molar-refractivity contribution in [2.24, 2.45) is 5.41 Å². The topological polar surface area (TPSA) is 111 Å². The van der Waals surface area contributed by atoms with Crippen LogP contribution in [0.1, 0.15) is 42.4 Å². The number of carbonyl (C=O) groups is 2. The van der Waals surface area contributed by atoms with E-state index < -0.39 is 63.7 Å². The van der Waals surface area contributed by atoms with Crippen molar-refractivity contribution in [3.8, 4) is 11.4 Å². The molecule has 216 valence electrons. The number of methoxy groups -OCH3 is 1. The van der Waals surface area contributed by atoms with Gasteiger partial charge in [0.15, 0.2) is 17.3 Å². The third kappa shape index (κ3) is 5.66. The molecule has 0 atom stereocenters. The molecule has 16 heteroatoms. The molecule has 1 N–H and O–H groups in total. The van der Waals surface area contributed by atoms with Gasteiger partial charge in [-0.3, -0.25) is 4.79 Å². The average molecular weight is 574 g/mol. The Balaban J connectivity index is 2.00. The molecular formula is C24H24F6N6O4. The molecule has 3 aromatic rings. The first-order chi connectivity index (χ1) is 18.5. The number of amides is 1. The van der Waals surface area contributed by atoms with Crippen LogP contribution in [0.2, 0.25) is 0 Å². The molecule has 1 aliphatic heterocycles. The van der Waals surface area contributed by atoms with E-state index in [-0.39, 0.29) is 37.6 Å². The van der Waals surface area contributed by atoms with Crippen LogP contribution in [-0.4, -0.2) is 64.9 Å². The summed E-state index contributed by atoms with van der Waals surface area (Å²) in [6.07, 6.45) is -9.45. The van der Waals surface area contributed by atoms with E-state index in [0.717, 1.165) is 19.4 Å². The summed E-state index contributed by atoms with van der Waals surface area (Å²) in [7, 11) is 0.895. The molecule has 3 aromatic heterocycles. The fourth-order valence-corrected chi connectivity index (χ4v) is 3.94. The lowest BCUT2D eigenvalue weighted by molar-refractivity contribution is -0.143. The smallest absolute Gasteiger partial charge is 0.434 e. The van der Waals surface area contributed by atoms with Gasteiger partial charge in [-0.25, -0.2) is 19.3 Å². The number of rotatable bonds is 4. The van der Waals surface area contributed by atoms with Crippen molar-refractivity contribution in [2.75, 3.05) is 43.6 Å². The third-order valence-electron chi connectivity index (χ3n) is 5.97. The molecule has 1 fully saturated rings. The minimum Gasteiger partial charge on any atom is -0.465 e. The standard InChI is InChI=1S/C24H24F6N6O4/c1-22(2,3)21(38)32-16-10-14(23(25,26)27)13(11-31-16)18-33-19(35-5-7-40-8-6-35)15-9-12(20(37)39-4)17(24(28,29)30)36(15)34-18/h9-11H,5-8H2,1-4H3,(H,31,32,38). The Morgan fingerprint density at radius 1 is 1.02 bits per heavy atom. The number of nitrogens with one attached hydrogen (secondary N) is 1.